The highest BCUT2D eigenvalue weighted by molar-refractivity contribution is 7.23. The van der Waals surface area contributed by atoms with Crippen molar-refractivity contribution in [1.82, 2.24) is 0 Å². The number of nitrogens with one attached hydrogen (secondary N) is 2. The lowest BCUT2D eigenvalue weighted by Gasteiger charge is -2.11. The monoisotopic (exact) mass is 472 g/mol. The van der Waals surface area contributed by atoms with Crippen LogP contribution in [-0.4, -0.2) is 6.03 Å². The summed E-state index contributed by atoms with van der Waals surface area (Å²) in [5, 5.41) is 6.82. The molecule has 1 aromatic heterocycles. The standard InChI is InChI=1S/C24H16ClF3N2OS/c25-17-7-2-1-6-15(17)21-16-8-12-4-3-5-13(12)9-20(16)32-23(21)30-24(31)29-22-18(27)10-14(26)11-19(22)28/h1-2,6-11H,3-5H2,(H2,29,30,31). The van der Waals surface area contributed by atoms with Crippen LogP contribution in [0.3, 0.4) is 0 Å². The molecule has 0 unspecified atom stereocenters. The van der Waals surface area contributed by atoms with Crippen molar-refractivity contribution in [2.75, 3.05) is 10.6 Å². The van der Waals surface area contributed by atoms with E-state index in [2.05, 4.69) is 22.8 Å². The molecule has 1 aliphatic carbocycles. The highest BCUT2D eigenvalue weighted by atomic mass is 35.5. The molecule has 162 valence electrons. The molecule has 4 aromatic rings. The van der Waals surface area contributed by atoms with Crippen molar-refractivity contribution in [2.45, 2.75) is 19.3 Å². The van der Waals surface area contributed by atoms with Gasteiger partial charge in [0.25, 0.3) is 0 Å². The van der Waals surface area contributed by atoms with Crippen molar-refractivity contribution in [3.8, 4) is 11.1 Å². The fourth-order valence-corrected chi connectivity index (χ4v) is 5.48. The summed E-state index contributed by atoms with van der Waals surface area (Å²) in [6, 6.07) is 11.7. The predicted molar refractivity (Wildman–Crippen MR) is 123 cm³/mol. The second-order valence-electron chi connectivity index (χ2n) is 7.58. The minimum atomic E-state index is -1.20. The fraction of sp³-hybridized carbons (Fsp3) is 0.125. The Kier molecular flexibility index (Phi) is 5.31. The van der Waals surface area contributed by atoms with Crippen LogP contribution in [0.5, 0.6) is 0 Å². The van der Waals surface area contributed by atoms with Crippen molar-refractivity contribution in [2.24, 2.45) is 0 Å². The van der Waals surface area contributed by atoms with Gasteiger partial charge in [0.15, 0.2) is 11.6 Å². The summed E-state index contributed by atoms with van der Waals surface area (Å²) in [4.78, 5) is 12.6. The Labute approximate surface area is 190 Å². The lowest BCUT2D eigenvalue weighted by molar-refractivity contribution is 0.262. The van der Waals surface area contributed by atoms with E-state index in [0.717, 1.165) is 40.5 Å². The van der Waals surface area contributed by atoms with Gasteiger partial charge in [-0.25, -0.2) is 18.0 Å². The first-order chi connectivity index (χ1) is 15.4. The first-order valence-corrected chi connectivity index (χ1v) is 11.2. The molecule has 2 N–H and O–H groups in total. The molecule has 2 amide bonds. The first kappa shape index (κ1) is 20.8. The van der Waals surface area contributed by atoms with Gasteiger partial charge in [-0.1, -0.05) is 29.8 Å². The van der Waals surface area contributed by atoms with E-state index in [1.165, 1.54) is 22.5 Å². The van der Waals surface area contributed by atoms with E-state index in [4.69, 9.17) is 11.6 Å². The number of urea groups is 1. The van der Waals surface area contributed by atoms with Crippen LogP contribution in [-0.2, 0) is 12.8 Å². The number of anilines is 2. The number of thiophene rings is 1. The van der Waals surface area contributed by atoms with Gasteiger partial charge in [0, 0.05) is 38.4 Å². The lowest BCUT2D eigenvalue weighted by atomic mass is 10.0. The van der Waals surface area contributed by atoms with Crippen LogP contribution in [0.15, 0.2) is 48.5 Å². The van der Waals surface area contributed by atoms with Crippen LogP contribution in [0.25, 0.3) is 21.2 Å². The third-order valence-electron chi connectivity index (χ3n) is 5.52. The molecule has 0 radical (unpaired) electrons. The van der Waals surface area contributed by atoms with Crippen LogP contribution in [0.2, 0.25) is 5.02 Å². The molecule has 1 heterocycles. The van der Waals surface area contributed by atoms with Gasteiger partial charge in [-0.3, -0.25) is 5.32 Å². The topological polar surface area (TPSA) is 41.1 Å². The van der Waals surface area contributed by atoms with Gasteiger partial charge in [0.05, 0.1) is 0 Å². The third kappa shape index (κ3) is 3.72. The largest absolute Gasteiger partial charge is 0.324 e. The van der Waals surface area contributed by atoms with Gasteiger partial charge < -0.3 is 5.32 Å². The molecular weight excluding hydrogens is 457 g/mol. The zero-order chi connectivity index (χ0) is 22.4. The van der Waals surface area contributed by atoms with Gasteiger partial charge in [-0.05, 0) is 48.6 Å². The minimum Gasteiger partial charge on any atom is -0.303 e. The maximum atomic E-state index is 14.0. The molecule has 3 nitrogen and oxygen atoms in total. The second kappa shape index (κ2) is 8.15. The number of carbonyl (C=O) groups is 1. The van der Waals surface area contributed by atoms with Gasteiger partial charge in [-0.15, -0.1) is 11.3 Å². The van der Waals surface area contributed by atoms with Gasteiger partial charge in [0.1, 0.15) is 16.5 Å². The molecule has 32 heavy (non-hydrogen) atoms. The predicted octanol–water partition coefficient (Wildman–Crippen LogP) is 7.77. The van der Waals surface area contributed by atoms with E-state index in [9.17, 15) is 18.0 Å². The van der Waals surface area contributed by atoms with E-state index < -0.39 is 29.2 Å². The van der Waals surface area contributed by atoms with E-state index in [-0.39, 0.29) is 0 Å². The lowest BCUT2D eigenvalue weighted by Crippen LogP contribution is -2.21. The Morgan fingerprint density at radius 1 is 0.938 bits per heavy atom. The maximum absolute atomic E-state index is 14.0. The van der Waals surface area contributed by atoms with Crippen molar-refractivity contribution in [1.29, 1.82) is 0 Å². The SMILES string of the molecule is O=C(Nc1sc2cc3c(cc2c1-c1ccccc1Cl)CCC3)Nc1c(F)cc(F)cc1F. The Hall–Kier alpha value is -3.03. The number of rotatable bonds is 3. The molecule has 1 aliphatic rings. The van der Waals surface area contributed by atoms with Crippen molar-refractivity contribution in [3.05, 3.63) is 82.1 Å². The Balaban J connectivity index is 1.57. The summed E-state index contributed by atoms with van der Waals surface area (Å²) in [6.07, 6.45) is 3.11. The average Bonchev–Trinajstić information content (AvgIpc) is 3.32. The smallest absolute Gasteiger partial charge is 0.303 e. The number of amides is 2. The van der Waals surface area contributed by atoms with Crippen LogP contribution in [0.1, 0.15) is 17.5 Å². The normalized spacial score (nSPS) is 12.8. The van der Waals surface area contributed by atoms with E-state index in [1.807, 2.05) is 18.2 Å². The minimum absolute atomic E-state index is 0.497. The quantitative estimate of drug-likeness (QED) is 0.314. The molecule has 3 aromatic carbocycles. The number of hydrogen-bond donors (Lipinski definition) is 2. The Bertz CT molecular complexity index is 1360. The summed E-state index contributed by atoms with van der Waals surface area (Å²) in [6.45, 7) is 0. The van der Waals surface area contributed by atoms with Gasteiger partial charge in [0.2, 0.25) is 0 Å². The number of fused-ring (bicyclic) bond motifs is 2. The molecule has 0 atom stereocenters. The van der Waals surface area contributed by atoms with Crippen molar-refractivity contribution >= 4 is 49.7 Å². The van der Waals surface area contributed by atoms with E-state index in [0.29, 0.717) is 22.2 Å². The summed E-state index contributed by atoms with van der Waals surface area (Å²) in [7, 11) is 0. The zero-order valence-corrected chi connectivity index (χ0v) is 18.1. The molecule has 0 aliphatic heterocycles. The van der Waals surface area contributed by atoms with Crippen LogP contribution in [0.4, 0.5) is 28.7 Å². The molecule has 0 bridgehead atoms. The number of benzene rings is 3. The zero-order valence-electron chi connectivity index (χ0n) is 16.6. The fourth-order valence-electron chi connectivity index (χ4n) is 4.09. The third-order valence-corrected chi connectivity index (χ3v) is 6.92. The van der Waals surface area contributed by atoms with Crippen molar-refractivity contribution < 1.29 is 18.0 Å². The number of carbonyl (C=O) groups excluding carboxylic acids is 1. The van der Waals surface area contributed by atoms with Crippen molar-refractivity contribution in [3.63, 3.8) is 0 Å². The summed E-state index contributed by atoms with van der Waals surface area (Å²) >= 11 is 7.83. The highest BCUT2D eigenvalue weighted by Gasteiger charge is 2.22. The van der Waals surface area contributed by atoms with Crippen LogP contribution < -0.4 is 10.6 Å². The number of aryl methyl sites for hydroxylation is 2. The Morgan fingerprint density at radius 2 is 1.62 bits per heavy atom. The maximum Gasteiger partial charge on any atom is 0.324 e. The van der Waals surface area contributed by atoms with Crippen LogP contribution in [0, 0.1) is 17.5 Å². The molecular formula is C24H16ClF3N2OS. The summed E-state index contributed by atoms with van der Waals surface area (Å²) in [5.41, 5.74) is 3.34. The van der Waals surface area contributed by atoms with E-state index in [1.54, 1.807) is 6.07 Å². The van der Waals surface area contributed by atoms with Gasteiger partial charge in [-0.2, -0.15) is 0 Å². The summed E-state index contributed by atoms with van der Waals surface area (Å²) in [5.74, 6) is -3.46. The van der Waals surface area contributed by atoms with E-state index >= 15 is 0 Å². The number of hydrogen-bond acceptors (Lipinski definition) is 2. The molecule has 0 saturated carbocycles. The average molecular weight is 473 g/mol. The highest BCUT2D eigenvalue weighted by Crippen LogP contribution is 2.46. The first-order valence-electron chi connectivity index (χ1n) is 9.96. The van der Waals surface area contributed by atoms with Gasteiger partial charge >= 0.3 is 6.03 Å². The van der Waals surface area contributed by atoms with Crippen LogP contribution >= 0.6 is 22.9 Å². The second-order valence-corrected chi connectivity index (χ2v) is 9.04. The molecule has 0 spiro atoms. The Morgan fingerprint density at radius 3 is 2.34 bits per heavy atom. The summed E-state index contributed by atoms with van der Waals surface area (Å²) < 4.78 is 42.1. The number of halogens is 4. The molecule has 0 saturated heterocycles. The molecule has 0 fully saturated rings. The molecule has 5 rings (SSSR count). The molecule has 8 heteroatoms.